The van der Waals surface area contributed by atoms with Crippen LogP contribution in [0.5, 0.6) is 5.75 Å². The van der Waals surface area contributed by atoms with E-state index in [9.17, 15) is 23.6 Å². The van der Waals surface area contributed by atoms with Gasteiger partial charge in [0.1, 0.15) is 24.2 Å². The summed E-state index contributed by atoms with van der Waals surface area (Å²) in [6.45, 7) is -0.547. The fourth-order valence-corrected chi connectivity index (χ4v) is 4.87. The van der Waals surface area contributed by atoms with Crippen molar-refractivity contribution in [3.05, 3.63) is 125 Å². The van der Waals surface area contributed by atoms with Gasteiger partial charge in [-0.25, -0.2) is 4.39 Å². The normalized spacial score (nSPS) is 13.0. The summed E-state index contributed by atoms with van der Waals surface area (Å²) >= 11 is 6.07. The molecule has 1 N–H and O–H groups in total. The Morgan fingerprint density at radius 3 is 2.26 bits per heavy atom. The fraction of sp³-hybridized carbons (Fsp3) is 0.125. The molecule has 0 unspecified atom stereocenters. The number of amides is 3. The Morgan fingerprint density at radius 1 is 0.929 bits per heavy atom. The van der Waals surface area contributed by atoms with Crippen LogP contribution in [-0.2, 0) is 20.9 Å². The third-order valence-electron chi connectivity index (χ3n) is 6.86. The molecule has 4 aromatic rings. The van der Waals surface area contributed by atoms with E-state index in [1.165, 1.54) is 42.3 Å². The van der Waals surface area contributed by atoms with Crippen molar-refractivity contribution in [1.29, 1.82) is 0 Å². The number of methoxy groups -OCH3 is 1. The second kappa shape index (κ2) is 12.2. The van der Waals surface area contributed by atoms with Crippen LogP contribution in [0.1, 0.15) is 27.5 Å². The van der Waals surface area contributed by atoms with Crippen molar-refractivity contribution < 1.29 is 28.3 Å². The lowest BCUT2D eigenvalue weighted by atomic mass is 10.0. The molecule has 10 heteroatoms. The molecule has 0 fully saturated rings. The Bertz CT molecular complexity index is 1640. The van der Waals surface area contributed by atoms with Crippen molar-refractivity contribution in [3.8, 4) is 5.75 Å². The predicted octanol–water partition coefficient (Wildman–Crippen LogP) is 5.43. The monoisotopic (exact) mass is 585 g/mol. The zero-order valence-corrected chi connectivity index (χ0v) is 23.2. The summed E-state index contributed by atoms with van der Waals surface area (Å²) in [5.41, 5.74) is 1.96. The lowest BCUT2D eigenvalue weighted by Gasteiger charge is -2.33. The molecule has 0 saturated heterocycles. The van der Waals surface area contributed by atoms with Gasteiger partial charge in [-0.05, 0) is 71.8 Å². The van der Waals surface area contributed by atoms with Gasteiger partial charge >= 0.3 is 0 Å². The van der Waals surface area contributed by atoms with Gasteiger partial charge in [0, 0.05) is 17.3 Å². The molecule has 5 rings (SSSR count). The Labute approximate surface area is 246 Å². The number of ketones is 1. The smallest absolute Gasteiger partial charge is 0.299 e. The highest BCUT2D eigenvalue weighted by atomic mass is 35.5. The van der Waals surface area contributed by atoms with Crippen molar-refractivity contribution in [1.82, 2.24) is 4.90 Å². The van der Waals surface area contributed by atoms with Gasteiger partial charge in [-0.2, -0.15) is 0 Å². The van der Waals surface area contributed by atoms with E-state index in [0.717, 1.165) is 4.90 Å². The molecule has 8 nitrogen and oxygen atoms in total. The zero-order chi connectivity index (χ0) is 29.8. The second-order valence-corrected chi connectivity index (χ2v) is 9.99. The topological polar surface area (TPSA) is 96.0 Å². The fourth-order valence-electron chi connectivity index (χ4n) is 4.74. The molecule has 212 valence electrons. The van der Waals surface area contributed by atoms with Gasteiger partial charge < -0.3 is 15.0 Å². The van der Waals surface area contributed by atoms with Gasteiger partial charge in [0.2, 0.25) is 5.91 Å². The van der Waals surface area contributed by atoms with E-state index in [1.807, 2.05) is 0 Å². The summed E-state index contributed by atoms with van der Waals surface area (Å²) in [5, 5.41) is 3.31. The molecule has 0 aromatic heterocycles. The maximum atomic E-state index is 14.1. The Morgan fingerprint density at radius 2 is 1.60 bits per heavy atom. The molecule has 0 bridgehead atoms. The van der Waals surface area contributed by atoms with E-state index in [4.69, 9.17) is 16.3 Å². The molecule has 42 heavy (non-hydrogen) atoms. The van der Waals surface area contributed by atoms with E-state index < -0.39 is 41.9 Å². The number of para-hydroxylation sites is 1. The summed E-state index contributed by atoms with van der Waals surface area (Å²) in [5.74, 6) is -2.65. The molecule has 0 spiro atoms. The van der Waals surface area contributed by atoms with E-state index in [2.05, 4.69) is 5.32 Å². The third-order valence-corrected chi connectivity index (χ3v) is 7.11. The number of Topliss-reactive ketones (excluding diaryl/α,β-unsaturated/α-hetero) is 1. The van der Waals surface area contributed by atoms with Crippen LogP contribution in [0.15, 0.2) is 97.1 Å². The molecule has 1 aliphatic heterocycles. The minimum Gasteiger partial charge on any atom is -0.497 e. The predicted molar refractivity (Wildman–Crippen MR) is 156 cm³/mol. The number of anilines is 2. The molecule has 0 aliphatic carbocycles. The first-order chi connectivity index (χ1) is 20.2. The van der Waals surface area contributed by atoms with Gasteiger partial charge in [0.25, 0.3) is 17.6 Å². The minimum absolute atomic E-state index is 0.0499. The summed E-state index contributed by atoms with van der Waals surface area (Å²) in [6.07, 6.45) is 0. The largest absolute Gasteiger partial charge is 0.497 e. The average molecular weight is 586 g/mol. The van der Waals surface area contributed by atoms with Crippen LogP contribution in [0.25, 0.3) is 0 Å². The minimum atomic E-state index is -1.24. The van der Waals surface area contributed by atoms with Crippen molar-refractivity contribution in [3.63, 3.8) is 0 Å². The number of ether oxygens (including phenoxy) is 1. The van der Waals surface area contributed by atoms with Crippen molar-refractivity contribution in [2.45, 2.75) is 12.6 Å². The van der Waals surface area contributed by atoms with Crippen LogP contribution < -0.4 is 15.0 Å². The van der Waals surface area contributed by atoms with Crippen LogP contribution in [-0.4, -0.2) is 42.1 Å². The molecule has 0 saturated carbocycles. The number of fused-ring (bicyclic) bond motifs is 1. The molecule has 1 heterocycles. The highest BCUT2D eigenvalue weighted by Gasteiger charge is 2.39. The lowest BCUT2D eigenvalue weighted by Crippen LogP contribution is -2.46. The molecule has 1 aliphatic rings. The van der Waals surface area contributed by atoms with Gasteiger partial charge in [-0.3, -0.25) is 24.1 Å². The van der Waals surface area contributed by atoms with E-state index in [-0.39, 0.29) is 12.1 Å². The number of nitrogens with zero attached hydrogens (tertiary/aromatic N) is 2. The standard InChI is InChI=1S/C32H25ClFN3O5/c1-42-25-16-14-24(15-17-25)35-31(40)29(21-8-12-23(34)13-9-21)37(18-20-6-10-22(33)11-7-20)28(38)19-36-27-5-3-2-4-26(27)30(39)32(36)41/h2-17,29H,18-19H2,1H3,(H,35,40)/t29-/m1/s1. The number of carbonyl (C=O) groups excluding carboxylic acids is 4. The molecule has 1 atom stereocenters. The second-order valence-electron chi connectivity index (χ2n) is 9.56. The van der Waals surface area contributed by atoms with E-state index in [0.29, 0.717) is 33.3 Å². The zero-order valence-electron chi connectivity index (χ0n) is 22.4. The Hall–Kier alpha value is -5.02. The summed E-state index contributed by atoms with van der Waals surface area (Å²) in [6, 6.07) is 23.8. The van der Waals surface area contributed by atoms with Crippen molar-refractivity contribution in [2.24, 2.45) is 0 Å². The molecular formula is C32H25ClFN3O5. The maximum Gasteiger partial charge on any atom is 0.299 e. The Balaban J connectivity index is 1.54. The first kappa shape index (κ1) is 28.5. The lowest BCUT2D eigenvalue weighted by molar-refractivity contribution is -0.139. The maximum absolute atomic E-state index is 14.1. The quantitative estimate of drug-likeness (QED) is 0.264. The van der Waals surface area contributed by atoms with Crippen LogP contribution >= 0.6 is 11.6 Å². The Kier molecular flexibility index (Phi) is 8.31. The number of benzene rings is 4. The number of nitrogens with one attached hydrogen (secondary N) is 1. The van der Waals surface area contributed by atoms with Crippen LogP contribution in [0.2, 0.25) is 5.02 Å². The molecule has 3 amide bonds. The summed E-state index contributed by atoms with van der Waals surface area (Å²) < 4.78 is 19.1. The number of hydrogen-bond donors (Lipinski definition) is 1. The van der Waals surface area contributed by atoms with Crippen LogP contribution in [0.4, 0.5) is 15.8 Å². The van der Waals surface area contributed by atoms with E-state index >= 15 is 0 Å². The van der Waals surface area contributed by atoms with Gasteiger partial charge in [-0.15, -0.1) is 0 Å². The first-order valence-corrected chi connectivity index (χ1v) is 13.3. The number of carbonyl (C=O) groups is 4. The van der Waals surface area contributed by atoms with E-state index in [1.54, 1.807) is 66.7 Å². The third kappa shape index (κ3) is 6.01. The highest BCUT2D eigenvalue weighted by molar-refractivity contribution is 6.52. The van der Waals surface area contributed by atoms with Crippen LogP contribution in [0.3, 0.4) is 0 Å². The highest BCUT2D eigenvalue weighted by Crippen LogP contribution is 2.31. The average Bonchev–Trinajstić information content (AvgIpc) is 3.24. The van der Waals surface area contributed by atoms with Gasteiger partial charge in [0.15, 0.2) is 0 Å². The number of halogens is 2. The van der Waals surface area contributed by atoms with Gasteiger partial charge in [-0.1, -0.05) is 48.0 Å². The van der Waals surface area contributed by atoms with Crippen molar-refractivity contribution in [2.75, 3.05) is 23.9 Å². The molecular weight excluding hydrogens is 561 g/mol. The SMILES string of the molecule is COc1ccc(NC(=O)[C@@H](c2ccc(F)cc2)N(Cc2ccc(Cl)cc2)C(=O)CN2C(=O)C(=O)c3ccccc32)cc1. The number of rotatable bonds is 9. The van der Waals surface area contributed by atoms with Crippen molar-refractivity contribution >= 4 is 46.5 Å². The molecule has 4 aromatic carbocycles. The number of hydrogen-bond acceptors (Lipinski definition) is 5. The molecule has 0 radical (unpaired) electrons. The van der Waals surface area contributed by atoms with Crippen LogP contribution in [0, 0.1) is 5.82 Å². The van der Waals surface area contributed by atoms with Gasteiger partial charge in [0.05, 0.1) is 18.4 Å². The summed E-state index contributed by atoms with van der Waals surface area (Å²) in [4.78, 5) is 55.9. The first-order valence-electron chi connectivity index (χ1n) is 12.9. The summed E-state index contributed by atoms with van der Waals surface area (Å²) in [7, 11) is 1.52.